The summed E-state index contributed by atoms with van der Waals surface area (Å²) in [6, 6.07) is 9.35. The molecule has 0 amide bonds. The van der Waals surface area contributed by atoms with E-state index in [1.54, 1.807) is 0 Å². The Labute approximate surface area is 378 Å². The van der Waals surface area contributed by atoms with E-state index in [-0.39, 0.29) is 0 Å². The summed E-state index contributed by atoms with van der Waals surface area (Å²) in [5.74, 6) is 2.52. The second-order valence-corrected chi connectivity index (χ2v) is 20.7. The van der Waals surface area contributed by atoms with Crippen molar-refractivity contribution in [3.05, 3.63) is 49.1 Å². The lowest BCUT2D eigenvalue weighted by atomic mass is 10.0. The van der Waals surface area contributed by atoms with Gasteiger partial charge in [0.05, 0.1) is 0 Å². The molecule has 2 nitrogen and oxygen atoms in total. The molecule has 0 bridgehead atoms. The van der Waals surface area contributed by atoms with Crippen LogP contribution in [0, 0.1) is 0 Å². The minimum atomic E-state index is 1.17. The number of unbranched alkanes of at least 4 members (excludes halogenated alkanes) is 36. The van der Waals surface area contributed by atoms with Gasteiger partial charge in [-0.1, -0.05) is 226 Å². The van der Waals surface area contributed by atoms with Gasteiger partial charge in [-0.15, -0.1) is 23.5 Å². The smallest absolute Gasteiger partial charge is 0.169 e. The third kappa shape index (κ3) is 36.2. The number of aryl methyl sites for hydroxylation is 2. The Morgan fingerprint density at radius 2 is 0.475 bits per heavy atom. The van der Waals surface area contributed by atoms with Crippen LogP contribution in [0.25, 0.3) is 0 Å². The molecule has 4 heteroatoms. The predicted octanol–water partition coefficient (Wildman–Crippen LogP) is 18.4. The Morgan fingerprint density at radius 3 is 0.712 bits per heavy atom. The monoisotopic (exact) mass is 853 g/mol. The van der Waals surface area contributed by atoms with Crippen molar-refractivity contribution in [1.82, 2.24) is 0 Å². The van der Waals surface area contributed by atoms with Gasteiger partial charge in [0, 0.05) is 46.9 Å². The molecule has 2 heterocycles. The Hall–Kier alpha value is -1.00. The van der Waals surface area contributed by atoms with E-state index in [0.717, 1.165) is 0 Å². The van der Waals surface area contributed by atoms with Crippen LogP contribution < -0.4 is 9.13 Å². The standard InChI is InChI=1S/C55H100N2S2/c1-3-5-7-9-11-13-15-17-19-21-23-25-27-30-34-38-46-56-48-42-54(43-49-56)58-52-40-36-32-29-33-37-41-53-59-55-44-50-57(51-45-55)47-39-35-31-28-26-24-22-20-18-16-14-12-10-8-6-4-2/h42-45,48-51H,3-41,46-47,52-53H2,1-2H3/q+2. The fraction of sp³-hybridized carbons (Fsp3) is 0.818. The van der Waals surface area contributed by atoms with Gasteiger partial charge in [0.15, 0.2) is 24.8 Å². The molecule has 59 heavy (non-hydrogen) atoms. The minimum Gasteiger partial charge on any atom is -0.205 e. The summed E-state index contributed by atoms with van der Waals surface area (Å²) in [7, 11) is 0. The lowest BCUT2D eigenvalue weighted by Gasteiger charge is -2.04. The first-order chi connectivity index (χ1) is 29.3. The van der Waals surface area contributed by atoms with Crippen molar-refractivity contribution in [2.24, 2.45) is 0 Å². The van der Waals surface area contributed by atoms with Crippen LogP contribution in [-0.4, -0.2) is 11.5 Å². The topological polar surface area (TPSA) is 7.76 Å². The Bertz CT molecular complexity index is 1020. The van der Waals surface area contributed by atoms with Crippen molar-refractivity contribution < 1.29 is 9.13 Å². The number of nitrogens with zero attached hydrogens (tertiary/aromatic N) is 2. The maximum atomic E-state index is 2.39. The number of pyridine rings is 2. The van der Waals surface area contributed by atoms with Crippen molar-refractivity contribution in [3.63, 3.8) is 0 Å². The Kier molecular flexibility index (Phi) is 40.0. The Morgan fingerprint density at radius 1 is 0.271 bits per heavy atom. The molecule has 0 radical (unpaired) electrons. The van der Waals surface area contributed by atoms with Crippen LogP contribution in [-0.2, 0) is 13.1 Å². The molecule has 0 aromatic carbocycles. The van der Waals surface area contributed by atoms with Gasteiger partial charge in [-0.3, -0.25) is 0 Å². The molecular formula is C55H100N2S2+2. The van der Waals surface area contributed by atoms with E-state index in [4.69, 9.17) is 0 Å². The highest BCUT2D eigenvalue weighted by Crippen LogP contribution is 2.21. The molecular weight excluding hydrogens is 753 g/mol. The zero-order valence-corrected chi connectivity index (χ0v) is 41.4. The number of hydrogen-bond donors (Lipinski definition) is 0. The average Bonchev–Trinajstić information content (AvgIpc) is 3.26. The van der Waals surface area contributed by atoms with Crippen molar-refractivity contribution in [1.29, 1.82) is 0 Å². The normalized spacial score (nSPS) is 11.6. The average molecular weight is 854 g/mol. The van der Waals surface area contributed by atoms with Gasteiger partial charge in [0.1, 0.15) is 13.1 Å². The maximum absolute atomic E-state index is 2.39. The van der Waals surface area contributed by atoms with E-state index >= 15 is 0 Å². The molecule has 0 spiro atoms. The van der Waals surface area contributed by atoms with Gasteiger partial charge < -0.3 is 0 Å². The zero-order valence-electron chi connectivity index (χ0n) is 39.7. The molecule has 2 aromatic heterocycles. The molecule has 0 fully saturated rings. The molecule has 0 saturated heterocycles. The molecule has 340 valence electrons. The summed E-state index contributed by atoms with van der Waals surface area (Å²) in [6.45, 7) is 6.96. The summed E-state index contributed by atoms with van der Waals surface area (Å²) >= 11 is 4.09. The fourth-order valence-corrected chi connectivity index (χ4v) is 10.3. The fourth-order valence-electron chi connectivity index (χ4n) is 8.53. The molecule has 0 N–H and O–H groups in total. The van der Waals surface area contributed by atoms with Crippen LogP contribution in [0.1, 0.15) is 264 Å². The minimum absolute atomic E-state index is 1.17. The molecule has 2 rings (SSSR count). The SMILES string of the molecule is CCCCCCCCCCCCCCCCCC[n+]1ccc(SCCCCCCCCCSc2cc[n+](CCCCCCCCCCCCCCCCCC)cc2)cc1. The van der Waals surface area contributed by atoms with Crippen LogP contribution in [0.15, 0.2) is 58.8 Å². The number of hydrogen-bond acceptors (Lipinski definition) is 2. The van der Waals surface area contributed by atoms with Crippen molar-refractivity contribution in [3.8, 4) is 0 Å². The van der Waals surface area contributed by atoms with E-state index in [9.17, 15) is 0 Å². The van der Waals surface area contributed by atoms with Gasteiger partial charge >= 0.3 is 0 Å². The maximum Gasteiger partial charge on any atom is 0.169 e. The molecule has 0 saturated carbocycles. The third-order valence-corrected chi connectivity index (χ3v) is 14.8. The van der Waals surface area contributed by atoms with Crippen LogP contribution in [0.3, 0.4) is 0 Å². The summed E-state index contributed by atoms with van der Waals surface area (Å²) in [5.41, 5.74) is 0. The van der Waals surface area contributed by atoms with Gasteiger partial charge in [0.25, 0.3) is 0 Å². The summed E-state index contributed by atoms with van der Waals surface area (Å²) in [4.78, 5) is 2.88. The number of rotatable bonds is 46. The van der Waals surface area contributed by atoms with Gasteiger partial charge in [-0.05, 0) is 37.2 Å². The van der Waals surface area contributed by atoms with Crippen LogP contribution >= 0.6 is 23.5 Å². The molecule has 0 aliphatic rings. The molecule has 0 aliphatic carbocycles. The molecule has 0 aliphatic heterocycles. The first-order valence-electron chi connectivity index (χ1n) is 26.6. The lowest BCUT2D eigenvalue weighted by molar-refractivity contribution is -0.697. The largest absolute Gasteiger partial charge is 0.205 e. The highest BCUT2D eigenvalue weighted by atomic mass is 32.2. The number of aromatic nitrogens is 2. The van der Waals surface area contributed by atoms with Crippen LogP contribution in [0.4, 0.5) is 0 Å². The zero-order chi connectivity index (χ0) is 41.8. The van der Waals surface area contributed by atoms with E-state index < -0.39 is 0 Å². The van der Waals surface area contributed by atoms with Crippen molar-refractivity contribution in [2.75, 3.05) is 11.5 Å². The summed E-state index contributed by atoms with van der Waals surface area (Å²) in [6.07, 6.45) is 64.9. The highest BCUT2D eigenvalue weighted by Gasteiger charge is 2.05. The Balaban J connectivity index is 1.28. The highest BCUT2D eigenvalue weighted by molar-refractivity contribution is 7.99. The van der Waals surface area contributed by atoms with Gasteiger partial charge in [0.2, 0.25) is 0 Å². The second kappa shape index (κ2) is 43.6. The van der Waals surface area contributed by atoms with Gasteiger partial charge in [-0.2, -0.15) is 0 Å². The lowest BCUT2D eigenvalue weighted by Crippen LogP contribution is -2.32. The van der Waals surface area contributed by atoms with Gasteiger partial charge in [-0.25, -0.2) is 9.13 Å². The van der Waals surface area contributed by atoms with Crippen LogP contribution in [0.2, 0.25) is 0 Å². The summed E-state index contributed by atoms with van der Waals surface area (Å²) in [5, 5.41) is 0. The van der Waals surface area contributed by atoms with Crippen LogP contribution in [0.5, 0.6) is 0 Å². The van der Waals surface area contributed by atoms with Crippen molar-refractivity contribution >= 4 is 23.5 Å². The van der Waals surface area contributed by atoms with E-state index in [2.05, 4.69) is 72.0 Å². The second-order valence-electron chi connectivity index (χ2n) is 18.3. The number of thioether (sulfide) groups is 2. The first-order valence-corrected chi connectivity index (χ1v) is 28.5. The quantitative estimate of drug-likeness (QED) is 0.0372. The molecule has 2 aromatic rings. The summed E-state index contributed by atoms with van der Waals surface area (Å²) < 4.78 is 4.79. The van der Waals surface area contributed by atoms with E-state index in [1.165, 1.54) is 285 Å². The van der Waals surface area contributed by atoms with E-state index in [0.29, 0.717) is 0 Å². The third-order valence-electron chi connectivity index (χ3n) is 12.6. The predicted molar refractivity (Wildman–Crippen MR) is 266 cm³/mol. The van der Waals surface area contributed by atoms with E-state index in [1.807, 2.05) is 23.5 Å². The molecule has 0 unspecified atom stereocenters. The first kappa shape index (κ1) is 54.1. The van der Waals surface area contributed by atoms with Crippen molar-refractivity contribution in [2.45, 2.75) is 287 Å². The molecule has 0 atom stereocenters.